The molecule has 1 unspecified atom stereocenters. The van der Waals surface area contributed by atoms with Gasteiger partial charge in [0.25, 0.3) is 0 Å². The van der Waals surface area contributed by atoms with E-state index in [0.717, 1.165) is 17.5 Å². The van der Waals surface area contributed by atoms with Crippen molar-refractivity contribution in [3.05, 3.63) is 71.5 Å². The van der Waals surface area contributed by atoms with Crippen molar-refractivity contribution in [2.45, 2.75) is 31.7 Å². The van der Waals surface area contributed by atoms with Gasteiger partial charge in [-0.15, -0.1) is 0 Å². The van der Waals surface area contributed by atoms with Crippen LogP contribution in [0.3, 0.4) is 0 Å². The van der Waals surface area contributed by atoms with Gasteiger partial charge in [0.2, 0.25) is 11.8 Å². The molecule has 0 aromatic heterocycles. The number of nitrogens with one attached hydrogen (secondary N) is 1. The van der Waals surface area contributed by atoms with Crippen LogP contribution in [0.5, 0.6) is 0 Å². The Morgan fingerprint density at radius 2 is 1.85 bits per heavy atom. The van der Waals surface area contributed by atoms with Gasteiger partial charge in [-0.1, -0.05) is 42.5 Å². The molecule has 3 rings (SSSR count). The van der Waals surface area contributed by atoms with Gasteiger partial charge in [0, 0.05) is 13.1 Å². The van der Waals surface area contributed by atoms with E-state index in [1.165, 1.54) is 12.1 Å². The fraction of sp³-hybridized carbons (Fsp3) is 0.333. The molecular weight excluding hydrogens is 331 g/mol. The van der Waals surface area contributed by atoms with Crippen molar-refractivity contribution < 1.29 is 14.0 Å². The smallest absolute Gasteiger partial charge is 0.242 e. The lowest BCUT2D eigenvalue weighted by molar-refractivity contribution is -0.137. The molecule has 4 nitrogen and oxygen atoms in total. The molecule has 2 aromatic carbocycles. The molecule has 1 atom stereocenters. The molecule has 0 radical (unpaired) electrons. The van der Waals surface area contributed by atoms with Gasteiger partial charge in [-0.2, -0.15) is 0 Å². The Bertz CT molecular complexity index is 764. The third-order valence-electron chi connectivity index (χ3n) is 4.68. The highest BCUT2D eigenvalue weighted by atomic mass is 19.1. The minimum atomic E-state index is -0.404. The van der Waals surface area contributed by atoms with E-state index in [4.69, 9.17) is 0 Å². The highest BCUT2D eigenvalue weighted by Crippen LogP contribution is 2.19. The second-order valence-corrected chi connectivity index (χ2v) is 6.58. The van der Waals surface area contributed by atoms with E-state index in [9.17, 15) is 14.0 Å². The molecule has 2 aromatic rings. The molecule has 26 heavy (non-hydrogen) atoms. The van der Waals surface area contributed by atoms with Gasteiger partial charge in [-0.05, 0) is 42.5 Å². The fourth-order valence-corrected chi connectivity index (χ4v) is 3.35. The van der Waals surface area contributed by atoms with Crippen LogP contribution in [0.2, 0.25) is 0 Å². The Kier molecular flexibility index (Phi) is 6.00. The van der Waals surface area contributed by atoms with Gasteiger partial charge in [-0.25, -0.2) is 4.39 Å². The highest BCUT2D eigenvalue weighted by molar-refractivity contribution is 5.89. The Morgan fingerprint density at radius 3 is 2.62 bits per heavy atom. The number of rotatable bonds is 6. The number of nitrogens with zero attached hydrogens (tertiary/aromatic N) is 1. The molecular formula is C21H23FN2O2. The lowest BCUT2D eigenvalue weighted by Crippen LogP contribution is -2.46. The number of carbonyl (C=O) groups is 2. The average Bonchev–Trinajstić information content (AvgIpc) is 3.12. The van der Waals surface area contributed by atoms with Crippen molar-refractivity contribution in [2.75, 3.05) is 13.1 Å². The zero-order chi connectivity index (χ0) is 18.4. The topological polar surface area (TPSA) is 49.4 Å². The molecule has 0 spiro atoms. The molecule has 5 heteroatoms. The Morgan fingerprint density at radius 1 is 1.08 bits per heavy atom. The van der Waals surface area contributed by atoms with Crippen molar-refractivity contribution in [1.82, 2.24) is 10.2 Å². The van der Waals surface area contributed by atoms with E-state index in [-0.39, 0.29) is 17.6 Å². The van der Waals surface area contributed by atoms with E-state index in [2.05, 4.69) is 5.32 Å². The molecule has 1 N–H and O–H groups in total. The number of amides is 2. The minimum absolute atomic E-state index is 0.0148. The molecule has 0 bridgehead atoms. The van der Waals surface area contributed by atoms with Crippen LogP contribution in [0, 0.1) is 5.82 Å². The summed E-state index contributed by atoms with van der Waals surface area (Å²) in [7, 11) is 0. The molecule has 0 aliphatic carbocycles. The maximum absolute atomic E-state index is 13.2. The summed E-state index contributed by atoms with van der Waals surface area (Å²) < 4.78 is 13.2. The van der Waals surface area contributed by atoms with Crippen LogP contribution < -0.4 is 5.32 Å². The van der Waals surface area contributed by atoms with Crippen molar-refractivity contribution in [2.24, 2.45) is 0 Å². The van der Waals surface area contributed by atoms with Crippen LogP contribution in [-0.4, -0.2) is 35.8 Å². The second kappa shape index (κ2) is 8.61. The Balaban J connectivity index is 1.52. The first-order valence-corrected chi connectivity index (χ1v) is 8.99. The number of benzene rings is 2. The van der Waals surface area contributed by atoms with Crippen molar-refractivity contribution in [3.63, 3.8) is 0 Å². The molecule has 1 aliphatic heterocycles. The zero-order valence-corrected chi connectivity index (χ0v) is 14.7. The molecule has 1 heterocycles. The summed E-state index contributed by atoms with van der Waals surface area (Å²) in [5.74, 6) is -0.415. The lowest BCUT2D eigenvalue weighted by atomic mass is 10.1. The lowest BCUT2D eigenvalue weighted by Gasteiger charge is -2.24. The number of carbonyl (C=O) groups excluding carboxylic acids is 2. The van der Waals surface area contributed by atoms with Gasteiger partial charge in [-0.3, -0.25) is 9.59 Å². The molecule has 0 saturated carbocycles. The van der Waals surface area contributed by atoms with Gasteiger partial charge < -0.3 is 10.2 Å². The first-order chi connectivity index (χ1) is 12.6. The summed E-state index contributed by atoms with van der Waals surface area (Å²) in [6, 6.07) is 15.5. The second-order valence-electron chi connectivity index (χ2n) is 6.58. The van der Waals surface area contributed by atoms with Crippen LogP contribution >= 0.6 is 0 Å². The average molecular weight is 354 g/mol. The fourth-order valence-electron chi connectivity index (χ4n) is 3.35. The quantitative estimate of drug-likeness (QED) is 0.867. The summed E-state index contributed by atoms with van der Waals surface area (Å²) >= 11 is 0. The first kappa shape index (κ1) is 18.1. The van der Waals surface area contributed by atoms with Crippen molar-refractivity contribution in [1.29, 1.82) is 0 Å². The third-order valence-corrected chi connectivity index (χ3v) is 4.68. The number of hydrogen-bond acceptors (Lipinski definition) is 2. The van der Waals surface area contributed by atoms with Crippen molar-refractivity contribution >= 4 is 11.8 Å². The third kappa shape index (κ3) is 4.69. The standard InChI is InChI=1S/C21H23FN2O2/c22-18-9-4-8-17(14-18)11-12-23-21(26)19-10-5-13-24(19)20(25)15-16-6-2-1-3-7-16/h1-4,6-9,14,19H,5,10-13,15H2,(H,23,26). The van der Waals surface area contributed by atoms with E-state index < -0.39 is 6.04 Å². The summed E-state index contributed by atoms with van der Waals surface area (Å²) in [6.07, 6.45) is 2.40. The van der Waals surface area contributed by atoms with Gasteiger partial charge in [0.05, 0.1) is 6.42 Å². The maximum atomic E-state index is 13.2. The van der Waals surface area contributed by atoms with Crippen LogP contribution in [0.4, 0.5) is 4.39 Å². The predicted molar refractivity (Wildman–Crippen MR) is 98.0 cm³/mol. The van der Waals surface area contributed by atoms with E-state index >= 15 is 0 Å². The van der Waals surface area contributed by atoms with Crippen LogP contribution in [-0.2, 0) is 22.4 Å². The molecule has 136 valence electrons. The predicted octanol–water partition coefficient (Wildman–Crippen LogP) is 2.72. The summed E-state index contributed by atoms with van der Waals surface area (Å²) in [5, 5.41) is 2.89. The van der Waals surface area contributed by atoms with Gasteiger partial charge >= 0.3 is 0 Å². The number of halogens is 1. The normalized spacial score (nSPS) is 16.5. The molecule has 1 saturated heterocycles. The summed E-state index contributed by atoms with van der Waals surface area (Å²) in [6.45, 7) is 1.05. The molecule has 2 amide bonds. The van der Waals surface area contributed by atoms with E-state index in [1.54, 1.807) is 11.0 Å². The van der Waals surface area contributed by atoms with Crippen molar-refractivity contribution in [3.8, 4) is 0 Å². The van der Waals surface area contributed by atoms with Crippen LogP contribution in [0.25, 0.3) is 0 Å². The maximum Gasteiger partial charge on any atom is 0.242 e. The minimum Gasteiger partial charge on any atom is -0.354 e. The molecule has 1 fully saturated rings. The SMILES string of the molecule is O=C(NCCc1cccc(F)c1)C1CCCN1C(=O)Cc1ccccc1. The van der Waals surface area contributed by atoms with E-state index in [0.29, 0.717) is 32.4 Å². The summed E-state index contributed by atoms with van der Waals surface area (Å²) in [4.78, 5) is 26.7. The Labute approximate surface area is 153 Å². The van der Waals surface area contributed by atoms with Crippen LogP contribution in [0.15, 0.2) is 54.6 Å². The highest BCUT2D eigenvalue weighted by Gasteiger charge is 2.33. The molecule has 1 aliphatic rings. The summed E-state index contributed by atoms with van der Waals surface area (Å²) in [5.41, 5.74) is 1.79. The first-order valence-electron chi connectivity index (χ1n) is 8.99. The number of likely N-dealkylation sites (tertiary alicyclic amines) is 1. The number of hydrogen-bond donors (Lipinski definition) is 1. The largest absolute Gasteiger partial charge is 0.354 e. The van der Waals surface area contributed by atoms with Gasteiger partial charge in [0.1, 0.15) is 11.9 Å². The van der Waals surface area contributed by atoms with E-state index in [1.807, 2.05) is 36.4 Å². The van der Waals surface area contributed by atoms with Crippen LogP contribution in [0.1, 0.15) is 24.0 Å². The monoisotopic (exact) mass is 354 g/mol. The van der Waals surface area contributed by atoms with Gasteiger partial charge in [0.15, 0.2) is 0 Å². The Hall–Kier alpha value is -2.69. The zero-order valence-electron chi connectivity index (χ0n) is 14.7.